The number of anilines is 1. The van der Waals surface area contributed by atoms with E-state index >= 15 is 0 Å². The normalized spacial score (nSPS) is 10.1. The molecule has 4 nitrogen and oxygen atoms in total. The van der Waals surface area contributed by atoms with Crippen LogP contribution in [-0.2, 0) is 0 Å². The highest BCUT2D eigenvalue weighted by Gasteiger charge is 2.05. The van der Waals surface area contributed by atoms with E-state index in [9.17, 15) is 0 Å². The molecule has 2 rings (SSSR count). The minimum Gasteiger partial charge on any atom is -0.396 e. The van der Waals surface area contributed by atoms with Crippen LogP contribution in [0.4, 0.5) is 5.69 Å². The molecule has 0 saturated heterocycles. The van der Waals surface area contributed by atoms with E-state index in [2.05, 4.69) is 30.9 Å². The van der Waals surface area contributed by atoms with Gasteiger partial charge in [-0.1, -0.05) is 0 Å². The molecule has 0 radical (unpaired) electrons. The fourth-order valence-corrected chi connectivity index (χ4v) is 1.44. The van der Waals surface area contributed by atoms with E-state index < -0.39 is 0 Å². The van der Waals surface area contributed by atoms with E-state index in [4.69, 9.17) is 5.73 Å². The molecule has 2 aromatic heterocycles. The largest absolute Gasteiger partial charge is 0.396 e. The van der Waals surface area contributed by atoms with Gasteiger partial charge in [0.15, 0.2) is 5.82 Å². The molecule has 14 heavy (non-hydrogen) atoms. The summed E-state index contributed by atoms with van der Waals surface area (Å²) in [6.45, 7) is 0. The third kappa shape index (κ3) is 1.72. The quantitative estimate of drug-likeness (QED) is 0.840. The smallest absolute Gasteiger partial charge is 0.179 e. The van der Waals surface area contributed by atoms with E-state index in [0.717, 1.165) is 4.47 Å². The molecular formula is C9H7BrN4. The van der Waals surface area contributed by atoms with Crippen molar-refractivity contribution in [2.24, 2.45) is 0 Å². The Balaban J connectivity index is 2.50. The Morgan fingerprint density at radius 2 is 1.86 bits per heavy atom. The number of hydrogen-bond acceptors (Lipinski definition) is 4. The average molecular weight is 251 g/mol. The SMILES string of the molecule is Nc1cnc(-c2ncccc2Br)nc1. The third-order valence-corrected chi connectivity index (χ3v) is 2.28. The van der Waals surface area contributed by atoms with Crippen LogP contribution in [0, 0.1) is 0 Å². The first-order valence-electron chi connectivity index (χ1n) is 3.96. The van der Waals surface area contributed by atoms with Crippen LogP contribution in [0.2, 0.25) is 0 Å². The predicted molar refractivity (Wildman–Crippen MR) is 57.4 cm³/mol. The fraction of sp³-hybridized carbons (Fsp3) is 0. The van der Waals surface area contributed by atoms with Crippen LogP contribution < -0.4 is 5.73 Å². The Bertz CT molecular complexity index is 441. The maximum Gasteiger partial charge on any atom is 0.179 e. The van der Waals surface area contributed by atoms with Gasteiger partial charge in [-0.05, 0) is 28.1 Å². The van der Waals surface area contributed by atoms with Crippen LogP contribution in [0.25, 0.3) is 11.5 Å². The number of rotatable bonds is 1. The number of nitrogen functional groups attached to an aromatic ring is 1. The van der Waals surface area contributed by atoms with Crippen molar-refractivity contribution < 1.29 is 0 Å². The van der Waals surface area contributed by atoms with E-state index in [1.54, 1.807) is 18.6 Å². The minimum absolute atomic E-state index is 0.542. The molecule has 0 aliphatic rings. The Morgan fingerprint density at radius 3 is 2.50 bits per heavy atom. The summed E-state index contributed by atoms with van der Waals surface area (Å²) in [6.07, 6.45) is 4.81. The molecule has 0 unspecified atom stereocenters. The Hall–Kier alpha value is -1.49. The molecular weight excluding hydrogens is 244 g/mol. The molecule has 2 aromatic rings. The number of nitrogens with two attached hydrogens (primary N) is 1. The Morgan fingerprint density at radius 1 is 1.14 bits per heavy atom. The van der Waals surface area contributed by atoms with Crippen LogP contribution in [0.15, 0.2) is 35.2 Å². The summed E-state index contributed by atoms with van der Waals surface area (Å²) in [7, 11) is 0. The van der Waals surface area contributed by atoms with Gasteiger partial charge in [0.25, 0.3) is 0 Å². The summed E-state index contributed by atoms with van der Waals surface area (Å²) >= 11 is 3.38. The summed E-state index contributed by atoms with van der Waals surface area (Å²) in [4.78, 5) is 12.3. The number of hydrogen-bond donors (Lipinski definition) is 1. The molecule has 0 saturated carbocycles. The van der Waals surface area contributed by atoms with Crippen molar-refractivity contribution in [2.45, 2.75) is 0 Å². The van der Waals surface area contributed by atoms with Gasteiger partial charge < -0.3 is 5.73 Å². The molecule has 0 aliphatic carbocycles. The Kier molecular flexibility index (Phi) is 2.41. The lowest BCUT2D eigenvalue weighted by Gasteiger charge is -2.00. The predicted octanol–water partition coefficient (Wildman–Crippen LogP) is 1.88. The van der Waals surface area contributed by atoms with E-state index in [0.29, 0.717) is 17.2 Å². The Labute approximate surface area is 89.4 Å². The second-order valence-corrected chi connectivity index (χ2v) is 3.53. The molecule has 0 atom stereocenters. The molecule has 70 valence electrons. The fourth-order valence-electron chi connectivity index (χ4n) is 1.01. The first-order chi connectivity index (χ1) is 6.77. The minimum atomic E-state index is 0.542. The summed E-state index contributed by atoms with van der Waals surface area (Å²) in [5.74, 6) is 0.562. The zero-order valence-corrected chi connectivity index (χ0v) is 8.77. The molecule has 2 heterocycles. The topological polar surface area (TPSA) is 64.7 Å². The van der Waals surface area contributed by atoms with Gasteiger partial charge in [-0.3, -0.25) is 4.98 Å². The van der Waals surface area contributed by atoms with Crippen molar-refractivity contribution in [3.63, 3.8) is 0 Å². The maximum atomic E-state index is 5.49. The van der Waals surface area contributed by atoms with E-state index in [1.807, 2.05) is 12.1 Å². The van der Waals surface area contributed by atoms with Crippen molar-refractivity contribution in [1.82, 2.24) is 15.0 Å². The molecule has 0 bridgehead atoms. The highest BCUT2D eigenvalue weighted by atomic mass is 79.9. The number of halogens is 1. The molecule has 0 aliphatic heterocycles. The lowest BCUT2D eigenvalue weighted by atomic mass is 10.3. The second-order valence-electron chi connectivity index (χ2n) is 2.67. The zero-order valence-electron chi connectivity index (χ0n) is 7.18. The monoisotopic (exact) mass is 250 g/mol. The highest BCUT2D eigenvalue weighted by Crippen LogP contribution is 2.21. The number of nitrogens with zero attached hydrogens (tertiary/aromatic N) is 3. The van der Waals surface area contributed by atoms with Gasteiger partial charge in [0.1, 0.15) is 5.69 Å². The summed E-state index contributed by atoms with van der Waals surface area (Å²) < 4.78 is 0.866. The van der Waals surface area contributed by atoms with Crippen LogP contribution in [0.5, 0.6) is 0 Å². The van der Waals surface area contributed by atoms with Gasteiger partial charge in [-0.25, -0.2) is 9.97 Å². The number of aromatic nitrogens is 3. The lowest BCUT2D eigenvalue weighted by Crippen LogP contribution is -1.94. The molecule has 5 heteroatoms. The third-order valence-electron chi connectivity index (χ3n) is 1.64. The van der Waals surface area contributed by atoms with Gasteiger partial charge in [-0.2, -0.15) is 0 Å². The van der Waals surface area contributed by atoms with Gasteiger partial charge in [0, 0.05) is 10.7 Å². The first-order valence-corrected chi connectivity index (χ1v) is 4.75. The second kappa shape index (κ2) is 3.71. The zero-order chi connectivity index (χ0) is 9.97. The van der Waals surface area contributed by atoms with Crippen molar-refractivity contribution >= 4 is 21.6 Å². The average Bonchev–Trinajstić information content (AvgIpc) is 2.20. The van der Waals surface area contributed by atoms with Gasteiger partial charge in [0.2, 0.25) is 0 Å². The van der Waals surface area contributed by atoms with Gasteiger partial charge in [-0.15, -0.1) is 0 Å². The number of pyridine rings is 1. The molecule has 0 aromatic carbocycles. The summed E-state index contributed by atoms with van der Waals surface area (Å²) in [6, 6.07) is 3.73. The first kappa shape index (κ1) is 9.08. The van der Waals surface area contributed by atoms with E-state index in [1.165, 1.54) is 0 Å². The lowest BCUT2D eigenvalue weighted by molar-refractivity contribution is 1.14. The molecule has 2 N–H and O–H groups in total. The standard InChI is InChI=1S/C9H7BrN4/c10-7-2-1-3-12-8(7)9-13-4-6(11)5-14-9/h1-5H,11H2. The molecule has 0 spiro atoms. The van der Waals surface area contributed by atoms with Crippen molar-refractivity contribution in [1.29, 1.82) is 0 Å². The van der Waals surface area contributed by atoms with Crippen molar-refractivity contribution in [3.05, 3.63) is 35.2 Å². The molecule has 0 amide bonds. The van der Waals surface area contributed by atoms with Crippen LogP contribution in [0.1, 0.15) is 0 Å². The van der Waals surface area contributed by atoms with Crippen molar-refractivity contribution in [3.8, 4) is 11.5 Å². The van der Waals surface area contributed by atoms with Crippen LogP contribution in [0.3, 0.4) is 0 Å². The maximum absolute atomic E-state index is 5.49. The molecule has 0 fully saturated rings. The van der Waals surface area contributed by atoms with Crippen LogP contribution in [-0.4, -0.2) is 15.0 Å². The van der Waals surface area contributed by atoms with Gasteiger partial charge in [0.05, 0.1) is 18.1 Å². The van der Waals surface area contributed by atoms with Crippen LogP contribution >= 0.6 is 15.9 Å². The summed E-state index contributed by atoms with van der Waals surface area (Å²) in [5, 5.41) is 0. The van der Waals surface area contributed by atoms with E-state index in [-0.39, 0.29) is 0 Å². The van der Waals surface area contributed by atoms with Gasteiger partial charge >= 0.3 is 0 Å². The summed E-state index contributed by atoms with van der Waals surface area (Å²) in [5.41, 5.74) is 6.74. The highest BCUT2D eigenvalue weighted by molar-refractivity contribution is 9.10. The van der Waals surface area contributed by atoms with Crippen molar-refractivity contribution in [2.75, 3.05) is 5.73 Å².